The highest BCUT2D eigenvalue weighted by atomic mass is 32.4. The summed E-state index contributed by atoms with van der Waals surface area (Å²) in [6.45, 7) is 7.95. The molecule has 3 fully saturated rings. The standard InChI is InChI=1S/C24H29O6PS/c1-23(2)25-15-18(27-23)19-20(21-22(26-19)29-24(3,4)28-21)30-31(32,16-11-7-5-8-12-16)17-13-9-6-10-14-17/h5-14,18-22H,15H2,1-4H3/t18-,19-,20+,21-,22-/m1/s1. The number of hydrogen-bond acceptors (Lipinski definition) is 7. The molecule has 8 heteroatoms. The summed E-state index contributed by atoms with van der Waals surface area (Å²) in [6, 6.07) is 20.0. The predicted octanol–water partition coefficient (Wildman–Crippen LogP) is 3.45. The third kappa shape index (κ3) is 4.22. The Bertz CT molecular complexity index is 955. The van der Waals surface area contributed by atoms with Gasteiger partial charge in [0.05, 0.1) is 6.61 Å². The van der Waals surface area contributed by atoms with Gasteiger partial charge in [0.25, 0.3) is 0 Å². The van der Waals surface area contributed by atoms with E-state index >= 15 is 0 Å². The minimum Gasteiger partial charge on any atom is -0.348 e. The number of hydrogen-bond donors (Lipinski definition) is 0. The van der Waals surface area contributed by atoms with Crippen LogP contribution in [0.1, 0.15) is 27.7 Å². The second-order valence-electron chi connectivity index (χ2n) is 9.23. The van der Waals surface area contributed by atoms with Crippen LogP contribution in [0, 0.1) is 0 Å². The zero-order chi connectivity index (χ0) is 22.6. The molecule has 0 aliphatic carbocycles. The monoisotopic (exact) mass is 476 g/mol. The molecule has 5 atom stereocenters. The van der Waals surface area contributed by atoms with E-state index in [1.807, 2.05) is 88.4 Å². The second-order valence-corrected chi connectivity index (χ2v) is 13.1. The molecule has 0 saturated carbocycles. The summed E-state index contributed by atoms with van der Waals surface area (Å²) in [5.41, 5.74) is 0. The summed E-state index contributed by atoms with van der Waals surface area (Å²) in [4.78, 5) is 0. The van der Waals surface area contributed by atoms with Crippen molar-refractivity contribution in [1.82, 2.24) is 0 Å². The maximum atomic E-state index is 6.93. The Morgan fingerprint density at radius 3 is 1.94 bits per heavy atom. The van der Waals surface area contributed by atoms with Gasteiger partial charge >= 0.3 is 0 Å². The SMILES string of the molecule is CC1(C)O[C@H]2O[C@H]([C@H]3COC(C)(C)O3)[C@H](OP(=S)(c3ccccc3)c3ccccc3)[C@H]2O1. The molecule has 0 bridgehead atoms. The molecule has 0 amide bonds. The Morgan fingerprint density at radius 1 is 0.812 bits per heavy atom. The number of benzene rings is 2. The van der Waals surface area contributed by atoms with Gasteiger partial charge in [-0.05, 0) is 27.7 Å². The van der Waals surface area contributed by atoms with E-state index in [2.05, 4.69) is 0 Å². The molecule has 2 aromatic carbocycles. The Hall–Kier alpha value is -1.15. The Balaban J connectivity index is 1.53. The van der Waals surface area contributed by atoms with Gasteiger partial charge in [0.1, 0.15) is 30.7 Å². The molecule has 172 valence electrons. The van der Waals surface area contributed by atoms with Crippen LogP contribution in [0.5, 0.6) is 0 Å². The topological polar surface area (TPSA) is 55.4 Å². The summed E-state index contributed by atoms with van der Waals surface area (Å²) >= 11 is 6.33. The molecule has 0 radical (unpaired) electrons. The lowest BCUT2D eigenvalue weighted by Crippen LogP contribution is -2.44. The molecule has 0 unspecified atom stereocenters. The quantitative estimate of drug-likeness (QED) is 0.613. The van der Waals surface area contributed by atoms with Crippen LogP contribution in [0.25, 0.3) is 0 Å². The molecule has 6 nitrogen and oxygen atoms in total. The summed E-state index contributed by atoms with van der Waals surface area (Å²) in [7, 11) is 0. The first kappa shape index (κ1) is 22.6. The molecule has 3 aliphatic heterocycles. The summed E-state index contributed by atoms with van der Waals surface area (Å²) in [5, 5.41) is 1.95. The van der Waals surface area contributed by atoms with Gasteiger partial charge in [-0.25, -0.2) is 0 Å². The van der Waals surface area contributed by atoms with E-state index in [1.165, 1.54) is 0 Å². The van der Waals surface area contributed by atoms with E-state index in [1.54, 1.807) is 0 Å². The van der Waals surface area contributed by atoms with E-state index in [4.69, 9.17) is 40.0 Å². The molecule has 3 aliphatic rings. The van der Waals surface area contributed by atoms with E-state index in [9.17, 15) is 0 Å². The van der Waals surface area contributed by atoms with Gasteiger partial charge in [-0.2, -0.15) is 0 Å². The van der Waals surface area contributed by atoms with Gasteiger partial charge in [0.2, 0.25) is 0 Å². The molecule has 5 rings (SSSR count). The van der Waals surface area contributed by atoms with Crippen LogP contribution in [0.2, 0.25) is 0 Å². The van der Waals surface area contributed by atoms with Crippen molar-refractivity contribution in [1.29, 1.82) is 0 Å². The van der Waals surface area contributed by atoms with Crippen molar-refractivity contribution in [2.45, 2.75) is 70.0 Å². The second kappa shape index (κ2) is 8.26. The lowest BCUT2D eigenvalue weighted by atomic mass is 10.1. The van der Waals surface area contributed by atoms with Crippen LogP contribution in [0.15, 0.2) is 60.7 Å². The van der Waals surface area contributed by atoms with Gasteiger partial charge in [-0.1, -0.05) is 72.5 Å². The highest BCUT2D eigenvalue weighted by Crippen LogP contribution is 2.52. The van der Waals surface area contributed by atoms with Gasteiger partial charge < -0.3 is 28.2 Å². The number of fused-ring (bicyclic) bond motifs is 1. The Kier molecular flexibility index (Phi) is 5.84. The van der Waals surface area contributed by atoms with Crippen LogP contribution >= 0.6 is 6.26 Å². The van der Waals surface area contributed by atoms with Gasteiger partial charge in [0, 0.05) is 10.6 Å². The van der Waals surface area contributed by atoms with Crippen LogP contribution < -0.4 is 10.6 Å². The molecule has 0 N–H and O–H groups in total. The van der Waals surface area contributed by atoms with Crippen molar-refractivity contribution in [3.8, 4) is 0 Å². The minimum atomic E-state index is -2.65. The van der Waals surface area contributed by atoms with Gasteiger partial charge in [-0.3, -0.25) is 0 Å². The molecular formula is C24H29O6PS. The largest absolute Gasteiger partial charge is 0.348 e. The van der Waals surface area contributed by atoms with Crippen molar-refractivity contribution in [3.05, 3.63) is 60.7 Å². The fourth-order valence-electron chi connectivity index (χ4n) is 4.49. The number of ether oxygens (including phenoxy) is 5. The highest BCUT2D eigenvalue weighted by Gasteiger charge is 2.60. The fourth-order valence-corrected chi connectivity index (χ4v) is 7.77. The van der Waals surface area contributed by atoms with Crippen LogP contribution in [-0.4, -0.2) is 48.9 Å². The molecule has 2 aromatic rings. The summed E-state index contributed by atoms with van der Waals surface area (Å²) < 4.78 is 37.5. The van der Waals surface area contributed by atoms with Crippen LogP contribution in [-0.2, 0) is 40.0 Å². The Labute approximate surface area is 194 Å². The summed E-state index contributed by atoms with van der Waals surface area (Å²) in [5.74, 6) is -1.45. The lowest BCUT2D eigenvalue weighted by Gasteiger charge is -2.33. The third-order valence-corrected chi connectivity index (χ3v) is 9.91. The van der Waals surface area contributed by atoms with Gasteiger partial charge in [0.15, 0.2) is 17.9 Å². The van der Waals surface area contributed by atoms with E-state index in [0.717, 1.165) is 10.6 Å². The zero-order valence-corrected chi connectivity index (χ0v) is 20.4. The molecule has 3 saturated heterocycles. The van der Waals surface area contributed by atoms with Crippen molar-refractivity contribution < 1.29 is 28.2 Å². The zero-order valence-electron chi connectivity index (χ0n) is 18.7. The average molecular weight is 477 g/mol. The van der Waals surface area contributed by atoms with Crippen molar-refractivity contribution in [2.24, 2.45) is 0 Å². The first-order valence-corrected chi connectivity index (χ1v) is 13.6. The van der Waals surface area contributed by atoms with E-state index in [0.29, 0.717) is 6.61 Å². The lowest BCUT2D eigenvalue weighted by molar-refractivity contribution is -0.230. The van der Waals surface area contributed by atoms with Gasteiger partial charge in [-0.15, -0.1) is 0 Å². The molecule has 0 aromatic heterocycles. The Morgan fingerprint density at radius 2 is 1.41 bits per heavy atom. The maximum Gasteiger partial charge on any atom is 0.190 e. The van der Waals surface area contributed by atoms with Crippen LogP contribution in [0.4, 0.5) is 0 Å². The van der Waals surface area contributed by atoms with E-state index < -0.39 is 42.4 Å². The normalized spacial score (nSPS) is 33.3. The van der Waals surface area contributed by atoms with E-state index in [-0.39, 0.29) is 6.10 Å². The van der Waals surface area contributed by atoms with Crippen molar-refractivity contribution >= 4 is 28.7 Å². The molecule has 0 spiro atoms. The van der Waals surface area contributed by atoms with Crippen molar-refractivity contribution in [2.75, 3.05) is 6.61 Å². The molecular weight excluding hydrogens is 447 g/mol. The highest BCUT2D eigenvalue weighted by molar-refractivity contribution is 8.19. The molecule has 32 heavy (non-hydrogen) atoms. The van der Waals surface area contributed by atoms with Crippen molar-refractivity contribution in [3.63, 3.8) is 0 Å². The third-order valence-electron chi connectivity index (χ3n) is 5.89. The average Bonchev–Trinajstić information content (AvgIpc) is 3.38. The summed E-state index contributed by atoms with van der Waals surface area (Å²) in [6.07, 6.45) is -4.85. The molecule has 3 heterocycles. The first-order valence-electron chi connectivity index (χ1n) is 10.9. The minimum absolute atomic E-state index is 0.314. The maximum absolute atomic E-state index is 6.93. The number of rotatable bonds is 5. The fraction of sp³-hybridized carbons (Fsp3) is 0.500. The first-order chi connectivity index (χ1) is 15.2. The smallest absolute Gasteiger partial charge is 0.190 e. The van der Waals surface area contributed by atoms with Crippen LogP contribution in [0.3, 0.4) is 0 Å². The predicted molar refractivity (Wildman–Crippen MR) is 125 cm³/mol.